The smallest absolute Gasteiger partial charge is 0.418 e. The summed E-state index contributed by atoms with van der Waals surface area (Å²) < 4.78 is 83.1. The van der Waals surface area contributed by atoms with Crippen LogP contribution >= 0.6 is 11.8 Å². The monoisotopic (exact) mass is 685 g/mol. The second-order valence-electron chi connectivity index (χ2n) is 9.32. The highest BCUT2D eigenvalue weighted by Gasteiger charge is 2.40. The molecule has 250 valence electrons. The van der Waals surface area contributed by atoms with E-state index in [1.54, 1.807) is 0 Å². The summed E-state index contributed by atoms with van der Waals surface area (Å²) in [4.78, 5) is 24.1. The van der Waals surface area contributed by atoms with E-state index in [0.717, 1.165) is 49.5 Å². The maximum Gasteiger partial charge on any atom is 0.418 e. The molecule has 0 radical (unpaired) electrons. The third-order valence-electron chi connectivity index (χ3n) is 5.99. The van der Waals surface area contributed by atoms with Crippen LogP contribution in [0, 0.1) is 0 Å². The Bertz CT molecular complexity index is 1700. The molecule has 1 N–H and O–H groups in total. The number of rotatable bonds is 12. The molecule has 0 saturated heterocycles. The van der Waals surface area contributed by atoms with Crippen LogP contribution in [-0.4, -0.2) is 77.5 Å². The minimum absolute atomic E-state index is 0.0970. The molecule has 3 aromatic heterocycles. The Morgan fingerprint density at radius 1 is 1.00 bits per heavy atom. The highest BCUT2D eigenvalue weighted by Crippen LogP contribution is 2.38. The Morgan fingerprint density at radius 2 is 1.67 bits per heavy atom. The number of nitrogens with one attached hydrogen (secondary N) is 1. The molecule has 0 bridgehead atoms. The van der Waals surface area contributed by atoms with Gasteiger partial charge in [0.05, 0.1) is 33.0 Å². The van der Waals surface area contributed by atoms with Crippen LogP contribution in [-0.2, 0) is 22.0 Å². The van der Waals surface area contributed by atoms with Gasteiger partial charge in [-0.1, -0.05) is 55.9 Å². The first-order chi connectivity index (χ1) is 21.9. The number of nitrogens with zero attached hydrogens (tertiary/aromatic N) is 6. The van der Waals surface area contributed by atoms with Gasteiger partial charge in [0.1, 0.15) is 0 Å². The Hall–Kier alpha value is -4.32. The predicted octanol–water partition coefficient (Wildman–Crippen LogP) is 5.53. The average molecular weight is 686 g/mol. The van der Waals surface area contributed by atoms with Crippen molar-refractivity contribution in [3.63, 3.8) is 0 Å². The number of alkyl halides is 3. The fourth-order valence-corrected chi connectivity index (χ4v) is 6.10. The number of fused-ring (bicyclic) bond motifs is 1. The number of anilines is 1. The fourth-order valence-electron chi connectivity index (χ4n) is 3.99. The molecule has 13 nitrogen and oxygen atoms in total. The molecule has 4 aromatic rings. The highest BCUT2D eigenvalue weighted by atomic mass is 32.2. The van der Waals surface area contributed by atoms with Crippen LogP contribution in [0.3, 0.4) is 0 Å². The quantitative estimate of drug-likeness (QED) is 0.201. The predicted molar refractivity (Wildman–Crippen MR) is 166 cm³/mol. The molecule has 0 aliphatic heterocycles. The number of hydrogen-bond acceptors (Lipinski definition) is 11. The molecule has 1 amide bonds. The molecule has 0 saturated carbocycles. The number of halogens is 3. The number of sulfonamides is 1. The molecule has 1 aromatic carbocycles. The number of thioether (sulfide) groups is 1. The molecule has 0 aliphatic rings. The number of ether oxygens (including phenoxy) is 3. The largest absolute Gasteiger partial charge is 0.481 e. The van der Waals surface area contributed by atoms with Gasteiger partial charge in [0.25, 0.3) is 27.0 Å². The summed E-state index contributed by atoms with van der Waals surface area (Å²) in [6.45, 7) is 5.96. The lowest BCUT2D eigenvalue weighted by atomic mass is 10.2. The number of pyridine rings is 1. The van der Waals surface area contributed by atoms with E-state index in [2.05, 4.69) is 46.0 Å². The summed E-state index contributed by atoms with van der Waals surface area (Å²) in [5, 5.41) is 4.05. The van der Waals surface area contributed by atoms with Crippen molar-refractivity contribution < 1.29 is 40.6 Å². The van der Waals surface area contributed by atoms with Crippen molar-refractivity contribution in [2.24, 2.45) is 0 Å². The highest BCUT2D eigenvalue weighted by molar-refractivity contribution is 8.12. The summed E-state index contributed by atoms with van der Waals surface area (Å²) in [6.07, 6.45) is -2.15. The summed E-state index contributed by atoms with van der Waals surface area (Å²) >= 11 is 1.40. The van der Waals surface area contributed by atoms with Gasteiger partial charge in [-0.3, -0.25) is 4.79 Å². The van der Waals surface area contributed by atoms with Crippen molar-refractivity contribution in [1.82, 2.24) is 29.5 Å². The third-order valence-corrected chi connectivity index (χ3v) is 8.36. The summed E-state index contributed by atoms with van der Waals surface area (Å²) in [7, 11) is -1.20. The second-order valence-corrected chi connectivity index (χ2v) is 11.9. The topological polar surface area (TPSA) is 150 Å². The first kappa shape index (κ1) is 36.2. The SMILES string of the molecule is CCCN(CCC)C(=O)SCc1ccccc1.COc1cc(OC)n2nc(NS(=O)(=O)c3c(C(F)(F)F)ccnc3OC)nc2n1. The first-order valence-corrected chi connectivity index (χ1v) is 16.3. The van der Waals surface area contributed by atoms with E-state index in [9.17, 15) is 26.4 Å². The minimum Gasteiger partial charge on any atom is -0.481 e. The van der Waals surface area contributed by atoms with Crippen molar-refractivity contribution in [1.29, 1.82) is 0 Å². The van der Waals surface area contributed by atoms with Gasteiger partial charge in [0.2, 0.25) is 17.6 Å². The Balaban J connectivity index is 0.000000289. The number of aromatic nitrogens is 5. The van der Waals surface area contributed by atoms with E-state index >= 15 is 0 Å². The van der Waals surface area contributed by atoms with Gasteiger partial charge < -0.3 is 19.1 Å². The Morgan fingerprint density at radius 3 is 2.24 bits per heavy atom. The number of methoxy groups -OCH3 is 3. The van der Waals surface area contributed by atoms with Crippen LogP contribution in [0.2, 0.25) is 0 Å². The van der Waals surface area contributed by atoms with Gasteiger partial charge in [-0.05, 0) is 24.5 Å². The lowest BCUT2D eigenvalue weighted by Gasteiger charge is -2.20. The first-order valence-electron chi connectivity index (χ1n) is 13.8. The lowest BCUT2D eigenvalue weighted by molar-refractivity contribution is -0.140. The van der Waals surface area contributed by atoms with Crippen LogP contribution in [0.15, 0.2) is 53.6 Å². The zero-order valence-electron chi connectivity index (χ0n) is 25.7. The number of carbonyl (C=O) groups is 1. The Kier molecular flexibility index (Phi) is 12.8. The van der Waals surface area contributed by atoms with E-state index in [4.69, 9.17) is 14.2 Å². The molecule has 3 heterocycles. The molecular formula is C28H34F3N7O6S2. The van der Waals surface area contributed by atoms with E-state index < -0.39 is 38.5 Å². The van der Waals surface area contributed by atoms with Crippen LogP contribution in [0.25, 0.3) is 5.78 Å². The van der Waals surface area contributed by atoms with Crippen molar-refractivity contribution >= 4 is 38.8 Å². The molecule has 0 fully saturated rings. The van der Waals surface area contributed by atoms with Crippen LogP contribution in [0.1, 0.15) is 37.8 Å². The van der Waals surface area contributed by atoms with Gasteiger partial charge in [-0.25, -0.2) is 18.1 Å². The van der Waals surface area contributed by atoms with Crippen LogP contribution in [0.4, 0.5) is 23.9 Å². The molecule has 0 atom stereocenters. The zero-order valence-corrected chi connectivity index (χ0v) is 27.4. The molecule has 0 unspecified atom stereocenters. The summed E-state index contributed by atoms with van der Waals surface area (Å²) in [6, 6.07) is 12.0. The molecular weight excluding hydrogens is 651 g/mol. The summed E-state index contributed by atoms with van der Waals surface area (Å²) in [5.41, 5.74) is -0.253. The lowest BCUT2D eigenvalue weighted by Crippen LogP contribution is -2.29. The van der Waals surface area contributed by atoms with E-state index in [-0.39, 0.29) is 22.8 Å². The zero-order chi connectivity index (χ0) is 33.9. The fraction of sp³-hybridized carbons (Fsp3) is 0.393. The number of carbonyl (C=O) groups excluding carboxylic acids is 1. The van der Waals surface area contributed by atoms with Crippen molar-refractivity contribution in [2.75, 3.05) is 39.1 Å². The molecule has 46 heavy (non-hydrogen) atoms. The second kappa shape index (κ2) is 16.3. The average Bonchev–Trinajstić information content (AvgIpc) is 3.44. The van der Waals surface area contributed by atoms with Gasteiger partial charge >= 0.3 is 6.18 Å². The van der Waals surface area contributed by atoms with Crippen LogP contribution in [0.5, 0.6) is 17.6 Å². The maximum atomic E-state index is 13.3. The van der Waals surface area contributed by atoms with Gasteiger partial charge in [-0.15, -0.1) is 5.10 Å². The van der Waals surface area contributed by atoms with Crippen molar-refractivity contribution in [3.05, 3.63) is 59.8 Å². The normalized spacial score (nSPS) is 11.4. The van der Waals surface area contributed by atoms with E-state index in [0.29, 0.717) is 6.07 Å². The van der Waals surface area contributed by atoms with Gasteiger partial charge in [-0.2, -0.15) is 27.7 Å². The van der Waals surface area contributed by atoms with Crippen LogP contribution < -0.4 is 18.9 Å². The molecule has 4 rings (SSSR count). The minimum atomic E-state index is -4.98. The third kappa shape index (κ3) is 9.35. The molecule has 0 aliphatic carbocycles. The maximum absolute atomic E-state index is 13.3. The Labute approximate surface area is 268 Å². The number of benzene rings is 1. The van der Waals surface area contributed by atoms with Gasteiger partial charge in [0, 0.05) is 25.0 Å². The van der Waals surface area contributed by atoms with Gasteiger partial charge in [0.15, 0.2) is 4.90 Å². The van der Waals surface area contributed by atoms with E-state index in [1.807, 2.05) is 27.8 Å². The molecule has 0 spiro atoms. The van der Waals surface area contributed by atoms with Crippen molar-refractivity contribution in [2.45, 2.75) is 43.5 Å². The summed E-state index contributed by atoms with van der Waals surface area (Å²) in [5.74, 6) is -0.447. The number of amides is 1. The molecule has 18 heteroatoms. The van der Waals surface area contributed by atoms with E-state index in [1.165, 1.54) is 37.6 Å². The van der Waals surface area contributed by atoms with Crippen molar-refractivity contribution in [3.8, 4) is 17.6 Å². The standard InChI is InChI=1S/C14H13F3N6O5S.C14H21NOS/c1-26-8-6-9(27-2)23-13(19-8)20-12(21-23)22-29(24,25)10-7(14(15,16)17)4-5-18-11(10)28-3;1-3-10-15(11-4-2)14(16)17-12-13-8-6-5-7-9-13/h4-6H,1-3H3,(H,21,22);5-9H,3-4,10-12H2,1-2H3. The number of hydrogen-bond donors (Lipinski definition) is 1.